The first-order valence-corrected chi connectivity index (χ1v) is 10.6. The van der Waals surface area contributed by atoms with E-state index < -0.39 is 35.1 Å². The van der Waals surface area contributed by atoms with Crippen LogP contribution in [0.4, 0.5) is 37.2 Å². The van der Waals surface area contributed by atoms with Crippen LogP contribution in [0.5, 0.6) is 0 Å². The molecule has 0 aliphatic heterocycles. The fourth-order valence-corrected chi connectivity index (χ4v) is 4.01. The number of nitrogens with one attached hydrogen (secondary N) is 2. The molecular weight excluding hydrogens is 478 g/mol. The molecule has 0 spiro atoms. The van der Waals surface area contributed by atoms with E-state index in [0.717, 1.165) is 28.7 Å². The number of benzene rings is 2. The van der Waals surface area contributed by atoms with Crippen molar-refractivity contribution in [3.05, 3.63) is 65.2 Å². The van der Waals surface area contributed by atoms with Gasteiger partial charge in [-0.2, -0.15) is 26.3 Å². The van der Waals surface area contributed by atoms with Crippen LogP contribution in [-0.2, 0) is 23.7 Å². The Morgan fingerprint density at radius 3 is 2.16 bits per heavy atom. The molecular formula is C19H14F6N4OS2. The number of thioether (sulfide) groups is 1. The number of amides is 1. The molecule has 3 rings (SSSR count). The first-order chi connectivity index (χ1) is 15.0. The van der Waals surface area contributed by atoms with Crippen molar-refractivity contribution >= 4 is 39.8 Å². The lowest BCUT2D eigenvalue weighted by Gasteiger charge is -2.14. The smallest absolute Gasteiger partial charge is 0.356 e. The first-order valence-electron chi connectivity index (χ1n) is 8.84. The SMILES string of the molecule is O=C(CSc1nnc(NCc2ccccc2)s1)Nc1cc(C(F)(F)F)cc(C(F)(F)F)c1. The van der Waals surface area contributed by atoms with Gasteiger partial charge in [-0.15, -0.1) is 10.2 Å². The fraction of sp³-hybridized carbons (Fsp3) is 0.211. The highest BCUT2D eigenvalue weighted by Gasteiger charge is 2.37. The van der Waals surface area contributed by atoms with E-state index >= 15 is 0 Å². The van der Waals surface area contributed by atoms with E-state index in [9.17, 15) is 31.1 Å². The van der Waals surface area contributed by atoms with Crippen molar-refractivity contribution in [1.82, 2.24) is 10.2 Å². The molecule has 13 heteroatoms. The summed E-state index contributed by atoms with van der Waals surface area (Å²) in [6.07, 6.45) is -9.99. The summed E-state index contributed by atoms with van der Waals surface area (Å²) in [4.78, 5) is 12.1. The number of hydrogen-bond acceptors (Lipinski definition) is 6. The monoisotopic (exact) mass is 492 g/mol. The number of rotatable bonds is 7. The number of hydrogen-bond donors (Lipinski definition) is 2. The summed E-state index contributed by atoms with van der Waals surface area (Å²) in [5.41, 5.74) is -2.59. The van der Waals surface area contributed by atoms with E-state index in [2.05, 4.69) is 20.8 Å². The molecule has 5 nitrogen and oxygen atoms in total. The van der Waals surface area contributed by atoms with Crippen LogP contribution in [-0.4, -0.2) is 21.9 Å². The summed E-state index contributed by atoms with van der Waals surface area (Å²) in [5, 5.41) is 13.5. The van der Waals surface area contributed by atoms with Gasteiger partial charge in [0, 0.05) is 12.2 Å². The molecule has 0 aliphatic carbocycles. The van der Waals surface area contributed by atoms with Gasteiger partial charge in [0.1, 0.15) is 0 Å². The minimum atomic E-state index is -4.99. The molecule has 3 aromatic rings. The Labute approximate surface area is 186 Å². The fourth-order valence-electron chi connectivity index (χ4n) is 2.46. The minimum Gasteiger partial charge on any atom is -0.356 e. The molecule has 1 amide bonds. The molecule has 32 heavy (non-hydrogen) atoms. The van der Waals surface area contributed by atoms with Crippen molar-refractivity contribution in [3.63, 3.8) is 0 Å². The topological polar surface area (TPSA) is 66.9 Å². The maximum absolute atomic E-state index is 12.9. The Hall–Kier alpha value is -2.80. The van der Waals surface area contributed by atoms with Crippen LogP contribution in [0, 0.1) is 0 Å². The molecule has 1 heterocycles. The number of nitrogens with zero attached hydrogens (tertiary/aromatic N) is 2. The van der Waals surface area contributed by atoms with Crippen molar-refractivity contribution < 1.29 is 31.1 Å². The third-order valence-electron chi connectivity index (χ3n) is 3.89. The predicted molar refractivity (Wildman–Crippen MR) is 109 cm³/mol. The van der Waals surface area contributed by atoms with Gasteiger partial charge in [0.25, 0.3) is 0 Å². The van der Waals surface area contributed by atoms with Gasteiger partial charge in [-0.05, 0) is 23.8 Å². The zero-order valence-corrected chi connectivity index (χ0v) is 17.6. The molecule has 0 unspecified atom stereocenters. The lowest BCUT2D eigenvalue weighted by molar-refractivity contribution is -0.143. The average molecular weight is 492 g/mol. The number of halogens is 6. The largest absolute Gasteiger partial charge is 0.416 e. The molecule has 0 atom stereocenters. The van der Waals surface area contributed by atoms with E-state index in [0.29, 0.717) is 28.1 Å². The van der Waals surface area contributed by atoms with Crippen LogP contribution in [0.25, 0.3) is 0 Å². The van der Waals surface area contributed by atoms with Crippen LogP contribution < -0.4 is 10.6 Å². The van der Waals surface area contributed by atoms with Crippen LogP contribution in [0.15, 0.2) is 52.9 Å². The molecule has 0 saturated heterocycles. The maximum Gasteiger partial charge on any atom is 0.416 e. The molecule has 2 N–H and O–H groups in total. The summed E-state index contributed by atoms with van der Waals surface area (Å²) in [5.74, 6) is -1.05. The predicted octanol–water partition coefficient (Wildman–Crippen LogP) is 5.92. The molecule has 0 fully saturated rings. The standard InChI is InChI=1S/C19H14F6N4OS2/c20-18(21,22)12-6-13(19(23,24)25)8-14(7-12)27-15(30)10-31-17-29-28-16(32-17)26-9-11-4-2-1-3-5-11/h1-8H,9-10H2,(H,26,28)(H,27,30). The van der Waals surface area contributed by atoms with E-state index in [1.807, 2.05) is 30.3 Å². The van der Waals surface area contributed by atoms with Crippen molar-refractivity contribution in [2.24, 2.45) is 0 Å². The van der Waals surface area contributed by atoms with Gasteiger partial charge in [0.05, 0.1) is 16.9 Å². The Balaban J connectivity index is 1.59. The van der Waals surface area contributed by atoms with Crippen molar-refractivity contribution in [2.45, 2.75) is 23.2 Å². The van der Waals surface area contributed by atoms with Gasteiger partial charge in [0.2, 0.25) is 11.0 Å². The summed E-state index contributed by atoms with van der Waals surface area (Å²) >= 11 is 2.12. The zero-order chi connectivity index (χ0) is 23.4. The van der Waals surface area contributed by atoms with Gasteiger partial charge in [-0.1, -0.05) is 53.4 Å². The Kier molecular flexibility index (Phi) is 7.29. The summed E-state index contributed by atoms with van der Waals surface area (Å²) < 4.78 is 77.9. The quantitative estimate of drug-likeness (QED) is 0.317. The van der Waals surface area contributed by atoms with Crippen LogP contribution in [0.2, 0.25) is 0 Å². The highest BCUT2D eigenvalue weighted by atomic mass is 32.2. The third-order valence-corrected chi connectivity index (χ3v) is 5.91. The van der Waals surface area contributed by atoms with Crippen LogP contribution in [0.3, 0.4) is 0 Å². The van der Waals surface area contributed by atoms with E-state index in [1.54, 1.807) is 0 Å². The summed E-state index contributed by atoms with van der Waals surface area (Å²) in [6.45, 7) is 0.512. The van der Waals surface area contributed by atoms with Gasteiger partial charge in [0.15, 0.2) is 4.34 Å². The Morgan fingerprint density at radius 2 is 1.56 bits per heavy atom. The van der Waals surface area contributed by atoms with Crippen molar-refractivity contribution in [2.75, 3.05) is 16.4 Å². The number of aromatic nitrogens is 2. The van der Waals surface area contributed by atoms with E-state index in [4.69, 9.17) is 0 Å². The maximum atomic E-state index is 12.9. The van der Waals surface area contributed by atoms with Gasteiger partial charge in [-0.3, -0.25) is 4.79 Å². The molecule has 0 aliphatic rings. The molecule has 1 aromatic heterocycles. The highest BCUT2D eigenvalue weighted by molar-refractivity contribution is 8.01. The van der Waals surface area contributed by atoms with Crippen LogP contribution >= 0.6 is 23.1 Å². The second kappa shape index (κ2) is 9.77. The Bertz CT molecular complexity index is 1040. The van der Waals surface area contributed by atoms with E-state index in [-0.39, 0.29) is 11.8 Å². The molecule has 0 saturated carbocycles. The third kappa shape index (κ3) is 6.85. The number of carbonyl (C=O) groups is 1. The second-order valence-corrected chi connectivity index (χ2v) is 8.54. The average Bonchev–Trinajstić information content (AvgIpc) is 3.18. The highest BCUT2D eigenvalue weighted by Crippen LogP contribution is 2.37. The molecule has 0 bridgehead atoms. The molecule has 170 valence electrons. The number of carbonyl (C=O) groups excluding carboxylic acids is 1. The van der Waals surface area contributed by atoms with Crippen molar-refractivity contribution in [3.8, 4) is 0 Å². The number of anilines is 2. The molecule has 2 aromatic carbocycles. The number of alkyl halides is 6. The van der Waals surface area contributed by atoms with Crippen LogP contribution in [0.1, 0.15) is 16.7 Å². The zero-order valence-electron chi connectivity index (χ0n) is 15.9. The minimum absolute atomic E-state index is 0.00435. The van der Waals surface area contributed by atoms with Crippen molar-refractivity contribution in [1.29, 1.82) is 0 Å². The Morgan fingerprint density at radius 1 is 0.938 bits per heavy atom. The summed E-state index contributed by atoms with van der Waals surface area (Å²) in [6, 6.07) is 10.4. The van der Waals surface area contributed by atoms with Gasteiger partial charge in [-0.25, -0.2) is 0 Å². The first kappa shape index (κ1) is 23.9. The second-order valence-electron chi connectivity index (χ2n) is 6.34. The lowest BCUT2D eigenvalue weighted by atomic mass is 10.1. The van der Waals surface area contributed by atoms with E-state index in [1.165, 1.54) is 0 Å². The molecule has 0 radical (unpaired) electrons. The van der Waals surface area contributed by atoms with Gasteiger partial charge >= 0.3 is 12.4 Å². The van der Waals surface area contributed by atoms with Gasteiger partial charge < -0.3 is 10.6 Å². The normalized spacial score (nSPS) is 11.9. The lowest BCUT2D eigenvalue weighted by Crippen LogP contribution is -2.17. The summed E-state index contributed by atoms with van der Waals surface area (Å²) in [7, 11) is 0.